The van der Waals surface area contributed by atoms with Crippen molar-refractivity contribution in [3.63, 3.8) is 0 Å². The van der Waals surface area contributed by atoms with Crippen LogP contribution in [-0.2, 0) is 4.79 Å². The molecule has 0 unspecified atom stereocenters. The van der Waals surface area contributed by atoms with Crippen LogP contribution in [0.2, 0.25) is 0 Å². The summed E-state index contributed by atoms with van der Waals surface area (Å²) in [5.74, 6) is -0.434. The number of halogens is 2. The van der Waals surface area contributed by atoms with Crippen LogP contribution in [0, 0.1) is 18.7 Å². The van der Waals surface area contributed by atoms with E-state index in [1.54, 1.807) is 13.0 Å². The number of rotatable bonds is 7. The number of carbonyl (C=O) groups excluding carboxylic acids is 2. The number of carbonyl (C=O) groups is 2. The van der Waals surface area contributed by atoms with Gasteiger partial charge in [-0.2, -0.15) is 0 Å². The summed E-state index contributed by atoms with van der Waals surface area (Å²) in [5.41, 5.74) is 0.817. The van der Waals surface area contributed by atoms with Crippen LogP contribution in [0.1, 0.15) is 61.5 Å². The molecule has 8 nitrogen and oxygen atoms in total. The number of hydrogen-bond acceptors (Lipinski definition) is 5. The van der Waals surface area contributed by atoms with E-state index < -0.39 is 29.5 Å². The Kier molecular flexibility index (Phi) is 6.36. The Hall–Kier alpha value is -3.56. The summed E-state index contributed by atoms with van der Waals surface area (Å²) in [6.45, 7) is 3.54. The summed E-state index contributed by atoms with van der Waals surface area (Å²) in [5, 5.41) is 5.39. The van der Waals surface area contributed by atoms with Crippen LogP contribution in [0.4, 0.5) is 8.78 Å². The molecule has 2 amide bonds. The molecule has 2 aliphatic carbocycles. The highest BCUT2D eigenvalue weighted by molar-refractivity contribution is 6.09. The second kappa shape index (κ2) is 9.48. The van der Waals surface area contributed by atoms with E-state index in [0.29, 0.717) is 59.1 Å². The van der Waals surface area contributed by atoms with Crippen molar-refractivity contribution in [2.45, 2.75) is 64.2 Å². The fourth-order valence-electron chi connectivity index (χ4n) is 4.93. The molecular weight excluding hydrogens is 468 g/mol. The van der Waals surface area contributed by atoms with Crippen molar-refractivity contribution in [3.8, 4) is 17.0 Å². The fourth-order valence-corrected chi connectivity index (χ4v) is 4.93. The highest BCUT2D eigenvalue weighted by atomic mass is 19.1. The van der Waals surface area contributed by atoms with E-state index in [0.717, 1.165) is 12.8 Å². The molecule has 0 aliphatic heterocycles. The molecule has 10 heteroatoms. The van der Waals surface area contributed by atoms with Gasteiger partial charge in [-0.1, -0.05) is 6.42 Å². The number of nitrogens with zero attached hydrogens (tertiary/aromatic N) is 2. The topological polar surface area (TPSA) is 109 Å². The molecule has 0 bridgehead atoms. The van der Waals surface area contributed by atoms with Crippen LogP contribution in [0.25, 0.3) is 22.3 Å². The van der Waals surface area contributed by atoms with E-state index in [2.05, 4.69) is 25.6 Å². The number of alkyl halides is 1. The summed E-state index contributed by atoms with van der Waals surface area (Å²) < 4.78 is 35.3. The van der Waals surface area contributed by atoms with E-state index in [1.165, 1.54) is 25.4 Å². The van der Waals surface area contributed by atoms with Crippen molar-refractivity contribution in [1.29, 1.82) is 0 Å². The normalized spacial score (nSPS) is 21.8. The van der Waals surface area contributed by atoms with Gasteiger partial charge in [0.25, 0.3) is 5.91 Å². The third-order valence-corrected chi connectivity index (χ3v) is 6.92. The van der Waals surface area contributed by atoms with Crippen LogP contribution in [0.15, 0.2) is 24.5 Å². The van der Waals surface area contributed by atoms with E-state index in [1.807, 2.05) is 0 Å². The number of ether oxygens (including phenoxy) is 1. The molecule has 0 radical (unpaired) electrons. The highest BCUT2D eigenvalue weighted by Crippen LogP contribution is 2.37. The number of aromatic nitrogens is 3. The highest BCUT2D eigenvalue weighted by Gasteiger charge is 2.44. The Labute approximate surface area is 207 Å². The van der Waals surface area contributed by atoms with Gasteiger partial charge in [0.15, 0.2) is 0 Å². The lowest BCUT2D eigenvalue weighted by molar-refractivity contribution is -0.122. The molecular formula is C26H29F2N5O3. The van der Waals surface area contributed by atoms with Crippen molar-refractivity contribution in [2.24, 2.45) is 5.92 Å². The minimum Gasteiger partial charge on any atom is -0.493 e. The fraction of sp³-hybridized carbons (Fsp3) is 0.462. The first-order valence-corrected chi connectivity index (χ1v) is 12.3. The lowest BCUT2D eigenvalue weighted by Crippen LogP contribution is -2.66. The Morgan fingerprint density at radius 1 is 1.19 bits per heavy atom. The van der Waals surface area contributed by atoms with Gasteiger partial charge in [-0.15, -0.1) is 0 Å². The smallest absolute Gasteiger partial charge is 0.257 e. The predicted octanol–water partition coefficient (Wildman–Crippen LogP) is 4.34. The average Bonchev–Trinajstić information content (AvgIpc) is 3.59. The Morgan fingerprint density at radius 3 is 2.72 bits per heavy atom. The second-order valence-corrected chi connectivity index (χ2v) is 9.79. The number of H-pyrrole nitrogens is 1. The molecule has 2 aromatic heterocycles. The van der Waals surface area contributed by atoms with Crippen molar-refractivity contribution in [3.05, 3.63) is 41.6 Å². The summed E-state index contributed by atoms with van der Waals surface area (Å²) in [7, 11) is 0. The zero-order valence-electron chi connectivity index (χ0n) is 20.3. The average molecular weight is 498 g/mol. The zero-order valence-corrected chi connectivity index (χ0v) is 20.3. The largest absolute Gasteiger partial charge is 0.493 e. The van der Waals surface area contributed by atoms with Gasteiger partial charge < -0.3 is 20.4 Å². The lowest BCUT2D eigenvalue weighted by atomic mass is 9.86. The summed E-state index contributed by atoms with van der Waals surface area (Å²) >= 11 is 0. The van der Waals surface area contributed by atoms with Gasteiger partial charge >= 0.3 is 0 Å². The van der Waals surface area contributed by atoms with Crippen LogP contribution in [-0.4, -0.2) is 45.2 Å². The minimum atomic E-state index is -1.49. The molecule has 2 fully saturated rings. The molecule has 5 rings (SSSR count). The number of hydrogen-bond donors (Lipinski definition) is 3. The number of fused-ring (bicyclic) bond motifs is 1. The molecule has 0 saturated heterocycles. The number of aromatic amines is 1. The number of aryl methyl sites for hydroxylation is 1. The minimum absolute atomic E-state index is 0.216. The van der Waals surface area contributed by atoms with Gasteiger partial charge in [0.1, 0.15) is 40.9 Å². The van der Waals surface area contributed by atoms with Crippen molar-refractivity contribution in [2.75, 3.05) is 6.61 Å². The van der Waals surface area contributed by atoms with Gasteiger partial charge in [-0.05, 0) is 63.1 Å². The van der Waals surface area contributed by atoms with Crippen molar-refractivity contribution >= 4 is 22.8 Å². The SMILES string of the molecule is CC(=O)N[C@]1(NC(=O)c2c(C)[nH]c3c(-c4cc(F)ccc4OCC4CC4)ncnc23)CCCC[C@H]1F. The van der Waals surface area contributed by atoms with E-state index in [-0.39, 0.29) is 18.4 Å². The third kappa shape index (κ3) is 4.64. The molecule has 36 heavy (non-hydrogen) atoms. The first-order chi connectivity index (χ1) is 17.3. The third-order valence-electron chi connectivity index (χ3n) is 6.92. The van der Waals surface area contributed by atoms with Gasteiger partial charge in [-0.3, -0.25) is 9.59 Å². The Morgan fingerprint density at radius 2 is 2.00 bits per heavy atom. The molecule has 0 spiro atoms. The number of nitrogens with one attached hydrogen (secondary N) is 3. The molecule has 2 aliphatic rings. The quantitative estimate of drug-likeness (QED) is 0.421. The first-order valence-electron chi connectivity index (χ1n) is 12.3. The number of amides is 2. The van der Waals surface area contributed by atoms with Crippen LogP contribution >= 0.6 is 0 Å². The van der Waals surface area contributed by atoms with Crippen LogP contribution < -0.4 is 15.4 Å². The van der Waals surface area contributed by atoms with Gasteiger partial charge in [0.05, 0.1) is 17.7 Å². The molecule has 2 saturated carbocycles. The number of benzene rings is 1. The lowest BCUT2D eigenvalue weighted by Gasteiger charge is -2.41. The molecule has 3 aromatic rings. The van der Waals surface area contributed by atoms with Gasteiger partial charge in [0, 0.05) is 18.2 Å². The maximum Gasteiger partial charge on any atom is 0.257 e. The summed E-state index contributed by atoms with van der Waals surface area (Å²) in [6, 6.07) is 4.26. The Bertz CT molecular complexity index is 1320. The van der Waals surface area contributed by atoms with E-state index in [9.17, 15) is 14.0 Å². The van der Waals surface area contributed by atoms with Gasteiger partial charge in [0.2, 0.25) is 5.91 Å². The van der Waals surface area contributed by atoms with Crippen molar-refractivity contribution < 1.29 is 23.1 Å². The van der Waals surface area contributed by atoms with E-state index in [4.69, 9.17) is 4.74 Å². The molecule has 2 atom stereocenters. The Balaban J connectivity index is 1.53. The molecule has 3 N–H and O–H groups in total. The standard InChI is InChI=1S/C26H29F2N5O3/c1-14-21(25(35)33-26(32-15(2)34)10-4-3-5-20(26)28)23-24(31-14)22(29-13-30-23)18-11-17(27)8-9-19(18)36-12-16-6-7-16/h8-9,11,13,16,20,31H,3-7,10,12H2,1-2H3,(H,32,34)(H,33,35)/t20-,26+/m1/s1. The maximum absolute atomic E-state index is 15.1. The first kappa shape index (κ1) is 24.1. The second-order valence-electron chi connectivity index (χ2n) is 9.79. The monoisotopic (exact) mass is 497 g/mol. The van der Waals surface area contributed by atoms with Crippen LogP contribution in [0.3, 0.4) is 0 Å². The molecule has 1 aromatic carbocycles. The summed E-state index contributed by atoms with van der Waals surface area (Å²) in [4.78, 5) is 37.2. The van der Waals surface area contributed by atoms with Gasteiger partial charge in [-0.25, -0.2) is 18.7 Å². The predicted molar refractivity (Wildman–Crippen MR) is 130 cm³/mol. The summed E-state index contributed by atoms with van der Waals surface area (Å²) in [6.07, 6.45) is 3.98. The van der Waals surface area contributed by atoms with Crippen LogP contribution in [0.5, 0.6) is 5.75 Å². The molecule has 2 heterocycles. The zero-order chi connectivity index (χ0) is 25.4. The van der Waals surface area contributed by atoms with Crippen molar-refractivity contribution in [1.82, 2.24) is 25.6 Å². The maximum atomic E-state index is 15.1. The molecule has 190 valence electrons. The van der Waals surface area contributed by atoms with E-state index >= 15 is 4.39 Å².